The fourth-order valence-corrected chi connectivity index (χ4v) is 2.56. The molecule has 0 aliphatic rings. The second-order valence-electron chi connectivity index (χ2n) is 6.51. The second kappa shape index (κ2) is 8.04. The molecule has 0 atom stereocenters. The van der Waals surface area contributed by atoms with E-state index in [0.717, 1.165) is 17.6 Å². The second-order valence-corrected chi connectivity index (χ2v) is 7.42. The van der Waals surface area contributed by atoms with Gasteiger partial charge in [0.1, 0.15) is 0 Å². The number of benzene rings is 1. The maximum Gasteiger partial charge on any atom is 0.0410 e. The number of anilines is 1. The Balaban J connectivity index is 2.78. The van der Waals surface area contributed by atoms with Gasteiger partial charge in [-0.1, -0.05) is 35.7 Å². The first kappa shape index (κ1) is 17.5. The predicted octanol–water partition coefficient (Wildman–Crippen LogP) is 4.96. The van der Waals surface area contributed by atoms with Gasteiger partial charge in [0, 0.05) is 35.8 Å². The third-order valence-electron chi connectivity index (χ3n) is 3.36. The number of halogens is 1. The van der Waals surface area contributed by atoms with E-state index in [1.54, 1.807) is 0 Å². The molecule has 0 spiro atoms. The molecule has 1 aromatic carbocycles. The quantitative estimate of drug-likeness (QED) is 0.705. The first-order valence-electron chi connectivity index (χ1n) is 7.58. The van der Waals surface area contributed by atoms with Crippen molar-refractivity contribution >= 4 is 21.6 Å². The Morgan fingerprint density at radius 2 is 1.90 bits per heavy atom. The summed E-state index contributed by atoms with van der Waals surface area (Å²) in [5.74, 6) is 0. The van der Waals surface area contributed by atoms with Crippen molar-refractivity contribution in [2.24, 2.45) is 0 Å². The fraction of sp³-hybridized carbons (Fsp3) is 0.647. The summed E-state index contributed by atoms with van der Waals surface area (Å²) in [4.78, 5) is 2.38. The zero-order valence-corrected chi connectivity index (χ0v) is 15.2. The average molecular weight is 341 g/mol. The smallest absolute Gasteiger partial charge is 0.0410 e. The van der Waals surface area contributed by atoms with E-state index in [1.807, 2.05) is 0 Å². The van der Waals surface area contributed by atoms with Crippen LogP contribution in [0.2, 0.25) is 0 Å². The van der Waals surface area contributed by atoms with E-state index in [4.69, 9.17) is 0 Å². The lowest BCUT2D eigenvalue weighted by Crippen LogP contribution is -2.35. The van der Waals surface area contributed by atoms with Gasteiger partial charge >= 0.3 is 0 Å². The molecule has 0 radical (unpaired) electrons. The standard InChI is InChI=1S/C17H29BrN2/c1-6-7-8-11-20(5)16-10-9-15(18)12-14(16)13-19-17(2,3)4/h9-10,12,19H,6-8,11,13H2,1-5H3. The van der Waals surface area contributed by atoms with E-state index in [0.29, 0.717) is 0 Å². The Bertz CT molecular complexity index is 410. The lowest BCUT2D eigenvalue weighted by Gasteiger charge is -2.26. The number of rotatable bonds is 7. The van der Waals surface area contributed by atoms with Crippen LogP contribution in [0.3, 0.4) is 0 Å². The van der Waals surface area contributed by atoms with E-state index >= 15 is 0 Å². The van der Waals surface area contributed by atoms with Crippen molar-refractivity contribution in [1.82, 2.24) is 5.32 Å². The van der Waals surface area contributed by atoms with Gasteiger partial charge < -0.3 is 10.2 Å². The van der Waals surface area contributed by atoms with Crippen LogP contribution in [0.1, 0.15) is 52.5 Å². The Labute approximate surface area is 133 Å². The van der Waals surface area contributed by atoms with Gasteiger partial charge in [0.2, 0.25) is 0 Å². The van der Waals surface area contributed by atoms with E-state index < -0.39 is 0 Å². The maximum atomic E-state index is 3.58. The molecule has 3 heteroatoms. The van der Waals surface area contributed by atoms with Crippen molar-refractivity contribution in [3.8, 4) is 0 Å². The van der Waals surface area contributed by atoms with Crippen LogP contribution in [0.5, 0.6) is 0 Å². The molecular weight excluding hydrogens is 312 g/mol. The zero-order chi connectivity index (χ0) is 15.2. The van der Waals surface area contributed by atoms with Crippen molar-refractivity contribution in [2.75, 3.05) is 18.5 Å². The topological polar surface area (TPSA) is 15.3 Å². The van der Waals surface area contributed by atoms with Gasteiger partial charge in [-0.2, -0.15) is 0 Å². The molecular formula is C17H29BrN2. The van der Waals surface area contributed by atoms with Gasteiger partial charge in [-0.3, -0.25) is 0 Å². The summed E-state index contributed by atoms with van der Waals surface area (Å²) in [5, 5.41) is 3.58. The third kappa shape index (κ3) is 6.27. The number of unbranched alkanes of at least 4 members (excludes halogenated alkanes) is 2. The lowest BCUT2D eigenvalue weighted by atomic mass is 10.1. The predicted molar refractivity (Wildman–Crippen MR) is 93.5 cm³/mol. The third-order valence-corrected chi connectivity index (χ3v) is 3.85. The Morgan fingerprint density at radius 3 is 2.50 bits per heavy atom. The molecule has 0 saturated heterocycles. The van der Waals surface area contributed by atoms with Gasteiger partial charge in [-0.25, -0.2) is 0 Å². The molecule has 2 nitrogen and oxygen atoms in total. The van der Waals surface area contributed by atoms with Crippen LogP contribution in [-0.4, -0.2) is 19.1 Å². The van der Waals surface area contributed by atoms with Gasteiger partial charge in [0.25, 0.3) is 0 Å². The van der Waals surface area contributed by atoms with Gasteiger partial charge in [0.15, 0.2) is 0 Å². The van der Waals surface area contributed by atoms with Gasteiger partial charge in [0.05, 0.1) is 0 Å². The Morgan fingerprint density at radius 1 is 1.20 bits per heavy atom. The molecule has 0 aromatic heterocycles. The van der Waals surface area contributed by atoms with Gasteiger partial charge in [-0.05, 0) is 51.0 Å². The number of nitrogens with one attached hydrogen (secondary N) is 1. The van der Waals surface area contributed by atoms with Crippen LogP contribution in [0, 0.1) is 0 Å². The molecule has 0 aliphatic heterocycles. The molecule has 0 heterocycles. The molecule has 0 fully saturated rings. The summed E-state index contributed by atoms with van der Waals surface area (Å²) >= 11 is 3.58. The maximum absolute atomic E-state index is 3.58. The zero-order valence-electron chi connectivity index (χ0n) is 13.6. The first-order chi connectivity index (χ1) is 9.33. The Kier molecular flexibility index (Phi) is 7.04. The molecule has 0 unspecified atom stereocenters. The number of hydrogen-bond donors (Lipinski definition) is 1. The molecule has 1 aromatic rings. The normalized spacial score (nSPS) is 11.7. The Hall–Kier alpha value is -0.540. The van der Waals surface area contributed by atoms with Crippen LogP contribution in [0.25, 0.3) is 0 Å². The van der Waals surface area contributed by atoms with Crippen molar-refractivity contribution in [2.45, 2.75) is 59.0 Å². The van der Waals surface area contributed by atoms with E-state index in [-0.39, 0.29) is 5.54 Å². The minimum Gasteiger partial charge on any atom is -0.374 e. The van der Waals surface area contributed by atoms with Crippen LogP contribution >= 0.6 is 15.9 Å². The van der Waals surface area contributed by atoms with E-state index in [2.05, 4.69) is 79.1 Å². The minimum absolute atomic E-state index is 0.139. The van der Waals surface area contributed by atoms with Crippen molar-refractivity contribution in [3.63, 3.8) is 0 Å². The fourth-order valence-electron chi connectivity index (χ4n) is 2.15. The molecule has 0 bridgehead atoms. The lowest BCUT2D eigenvalue weighted by molar-refractivity contribution is 0.424. The number of nitrogens with zero attached hydrogens (tertiary/aromatic N) is 1. The summed E-state index contributed by atoms with van der Waals surface area (Å²) < 4.78 is 1.15. The summed E-state index contributed by atoms with van der Waals surface area (Å²) in [6.45, 7) is 10.9. The summed E-state index contributed by atoms with van der Waals surface area (Å²) in [5.41, 5.74) is 2.83. The first-order valence-corrected chi connectivity index (χ1v) is 8.37. The van der Waals surface area contributed by atoms with Crippen molar-refractivity contribution < 1.29 is 0 Å². The SMILES string of the molecule is CCCCCN(C)c1ccc(Br)cc1CNC(C)(C)C. The van der Waals surface area contributed by atoms with Gasteiger partial charge in [-0.15, -0.1) is 0 Å². The summed E-state index contributed by atoms with van der Waals surface area (Å²) in [6.07, 6.45) is 3.83. The molecule has 0 aliphatic carbocycles. The minimum atomic E-state index is 0.139. The van der Waals surface area contributed by atoms with E-state index in [1.165, 1.54) is 30.5 Å². The van der Waals surface area contributed by atoms with Crippen LogP contribution in [0.15, 0.2) is 22.7 Å². The van der Waals surface area contributed by atoms with Crippen molar-refractivity contribution in [1.29, 1.82) is 0 Å². The van der Waals surface area contributed by atoms with Crippen LogP contribution in [0.4, 0.5) is 5.69 Å². The molecule has 0 saturated carbocycles. The van der Waals surface area contributed by atoms with Crippen LogP contribution in [-0.2, 0) is 6.54 Å². The molecule has 1 N–H and O–H groups in total. The highest BCUT2D eigenvalue weighted by molar-refractivity contribution is 9.10. The van der Waals surface area contributed by atoms with E-state index in [9.17, 15) is 0 Å². The molecule has 0 amide bonds. The highest BCUT2D eigenvalue weighted by Gasteiger charge is 2.12. The largest absolute Gasteiger partial charge is 0.374 e. The van der Waals surface area contributed by atoms with Crippen molar-refractivity contribution in [3.05, 3.63) is 28.2 Å². The molecule has 20 heavy (non-hydrogen) atoms. The summed E-state index contributed by atoms with van der Waals surface area (Å²) in [7, 11) is 2.19. The summed E-state index contributed by atoms with van der Waals surface area (Å²) in [6, 6.07) is 6.58. The average Bonchev–Trinajstić information content (AvgIpc) is 2.35. The molecule has 114 valence electrons. The monoisotopic (exact) mass is 340 g/mol. The highest BCUT2D eigenvalue weighted by Crippen LogP contribution is 2.24. The molecule has 1 rings (SSSR count). The number of hydrogen-bond acceptors (Lipinski definition) is 2. The highest BCUT2D eigenvalue weighted by atomic mass is 79.9. The van der Waals surface area contributed by atoms with Crippen LogP contribution < -0.4 is 10.2 Å².